The fraction of sp³-hybridized carbons (Fsp3) is 0.222. The summed E-state index contributed by atoms with van der Waals surface area (Å²) in [5.74, 6) is 0. The van der Waals surface area contributed by atoms with Crippen molar-refractivity contribution in [1.82, 2.24) is 4.57 Å². The Labute approximate surface area is 129 Å². The highest BCUT2D eigenvalue weighted by Crippen LogP contribution is 2.28. The van der Waals surface area contributed by atoms with Gasteiger partial charge in [0.1, 0.15) is 0 Å². The van der Waals surface area contributed by atoms with E-state index in [2.05, 4.69) is 22.9 Å². The van der Waals surface area contributed by atoms with Gasteiger partial charge >= 0.3 is 0 Å². The third kappa shape index (κ3) is 2.82. The maximum absolute atomic E-state index is 10.2. The van der Waals surface area contributed by atoms with E-state index >= 15 is 0 Å². The van der Waals surface area contributed by atoms with Crippen molar-refractivity contribution in [2.24, 2.45) is 0 Å². The monoisotopic (exact) mass is 299 g/mol. The van der Waals surface area contributed by atoms with Crippen molar-refractivity contribution in [1.29, 1.82) is 0 Å². The fourth-order valence-corrected chi connectivity index (χ4v) is 2.80. The maximum Gasteiger partial charge on any atom is 0.0808 e. The molecule has 3 rings (SSSR count). The molecule has 0 bridgehead atoms. The zero-order valence-electron chi connectivity index (χ0n) is 12.0. The lowest BCUT2D eigenvalue weighted by atomic mass is 10.1. The second kappa shape index (κ2) is 5.92. The van der Waals surface area contributed by atoms with E-state index in [1.165, 1.54) is 5.56 Å². The molecule has 2 aromatic carbocycles. The van der Waals surface area contributed by atoms with E-state index in [0.717, 1.165) is 34.5 Å². The Bertz CT molecular complexity index is 746. The Morgan fingerprint density at radius 2 is 1.81 bits per heavy atom. The number of benzene rings is 2. The van der Waals surface area contributed by atoms with Crippen molar-refractivity contribution in [2.75, 3.05) is 0 Å². The molecule has 1 heterocycles. The Morgan fingerprint density at radius 1 is 1.10 bits per heavy atom. The van der Waals surface area contributed by atoms with E-state index in [0.29, 0.717) is 0 Å². The molecular weight excluding hydrogens is 282 g/mol. The first-order valence-electron chi connectivity index (χ1n) is 7.19. The summed E-state index contributed by atoms with van der Waals surface area (Å²) in [6.45, 7) is 2.77. The summed E-state index contributed by atoms with van der Waals surface area (Å²) in [6, 6.07) is 16.1. The molecule has 0 saturated heterocycles. The number of fused-ring (bicyclic) bond motifs is 1. The average Bonchev–Trinajstić information content (AvgIpc) is 2.88. The molecule has 0 aliphatic rings. The number of halogens is 1. The number of hydrogen-bond acceptors (Lipinski definition) is 1. The molecule has 0 saturated carbocycles. The topological polar surface area (TPSA) is 25.2 Å². The summed E-state index contributed by atoms with van der Waals surface area (Å²) >= 11 is 5.93. The number of aliphatic hydroxyl groups is 1. The predicted molar refractivity (Wildman–Crippen MR) is 87.7 cm³/mol. The van der Waals surface area contributed by atoms with Crippen molar-refractivity contribution < 1.29 is 5.11 Å². The van der Waals surface area contributed by atoms with E-state index < -0.39 is 6.10 Å². The molecule has 2 nitrogen and oxygen atoms in total. The summed E-state index contributed by atoms with van der Waals surface area (Å²) in [5, 5.41) is 12.1. The van der Waals surface area contributed by atoms with Crippen molar-refractivity contribution in [2.45, 2.75) is 26.0 Å². The third-order valence-corrected chi connectivity index (χ3v) is 4.08. The van der Waals surface area contributed by atoms with Crippen LogP contribution in [-0.2, 0) is 6.54 Å². The smallest absolute Gasteiger partial charge is 0.0808 e. The molecule has 0 amide bonds. The van der Waals surface area contributed by atoms with E-state index in [9.17, 15) is 5.11 Å². The summed E-state index contributed by atoms with van der Waals surface area (Å²) in [4.78, 5) is 0. The van der Waals surface area contributed by atoms with Crippen LogP contribution in [0, 0.1) is 0 Å². The van der Waals surface area contributed by atoms with Crippen LogP contribution in [0.25, 0.3) is 10.9 Å². The summed E-state index contributed by atoms with van der Waals surface area (Å²) in [6.07, 6.45) is 2.36. The second-order valence-corrected chi connectivity index (χ2v) is 5.72. The Kier molecular flexibility index (Phi) is 4.00. The van der Waals surface area contributed by atoms with Crippen molar-refractivity contribution in [3.8, 4) is 0 Å². The molecular formula is C18H18ClNO. The lowest BCUT2D eigenvalue weighted by molar-refractivity contribution is 0.175. The summed E-state index contributed by atoms with van der Waals surface area (Å²) < 4.78 is 2.19. The molecule has 0 spiro atoms. The number of aromatic nitrogens is 1. The molecule has 21 heavy (non-hydrogen) atoms. The van der Waals surface area contributed by atoms with Crippen LogP contribution in [0.5, 0.6) is 0 Å². The van der Waals surface area contributed by atoms with Crippen molar-refractivity contribution in [3.63, 3.8) is 0 Å². The second-order valence-electron chi connectivity index (χ2n) is 5.28. The first-order chi connectivity index (χ1) is 10.2. The van der Waals surface area contributed by atoms with Crippen molar-refractivity contribution >= 4 is 22.5 Å². The van der Waals surface area contributed by atoms with E-state index in [1.54, 1.807) is 0 Å². The molecule has 1 unspecified atom stereocenters. The van der Waals surface area contributed by atoms with Gasteiger partial charge in [-0.2, -0.15) is 0 Å². The number of aliphatic hydroxyl groups excluding tert-OH is 1. The van der Waals surface area contributed by atoms with Gasteiger partial charge in [0.25, 0.3) is 0 Å². The average molecular weight is 300 g/mol. The zero-order chi connectivity index (χ0) is 14.8. The minimum absolute atomic E-state index is 0.415. The minimum atomic E-state index is -0.415. The molecule has 108 valence electrons. The fourth-order valence-electron chi connectivity index (χ4n) is 2.68. The first-order valence-corrected chi connectivity index (χ1v) is 7.57. The van der Waals surface area contributed by atoms with Gasteiger partial charge in [-0.1, -0.05) is 48.9 Å². The molecule has 3 heteroatoms. The highest BCUT2D eigenvalue weighted by molar-refractivity contribution is 6.30. The van der Waals surface area contributed by atoms with E-state index in [-0.39, 0.29) is 0 Å². The Morgan fingerprint density at radius 3 is 2.52 bits per heavy atom. The molecule has 0 fully saturated rings. The molecule has 1 atom stereocenters. The van der Waals surface area contributed by atoms with Crippen LogP contribution >= 0.6 is 11.6 Å². The highest BCUT2D eigenvalue weighted by Gasteiger charge is 2.14. The third-order valence-electron chi connectivity index (χ3n) is 3.83. The van der Waals surface area contributed by atoms with Gasteiger partial charge in [-0.15, -0.1) is 0 Å². The van der Waals surface area contributed by atoms with Crippen LogP contribution in [0.3, 0.4) is 0 Å². The maximum atomic E-state index is 10.2. The molecule has 1 N–H and O–H groups in total. The van der Waals surface area contributed by atoms with Crippen LogP contribution in [0.15, 0.2) is 54.7 Å². The summed E-state index contributed by atoms with van der Waals surface area (Å²) in [5.41, 5.74) is 3.34. The van der Waals surface area contributed by atoms with Crippen LogP contribution in [0.1, 0.15) is 30.6 Å². The lowest BCUT2D eigenvalue weighted by Crippen LogP contribution is -1.98. The molecule has 1 aromatic heterocycles. The molecule has 0 aliphatic heterocycles. The van der Waals surface area contributed by atoms with E-state index in [4.69, 9.17) is 11.6 Å². The van der Waals surface area contributed by atoms with Crippen LogP contribution in [-0.4, -0.2) is 9.67 Å². The number of rotatable bonds is 4. The van der Waals surface area contributed by atoms with E-state index in [1.807, 2.05) is 43.3 Å². The Balaban J connectivity index is 2.04. The standard InChI is InChI=1S/C18H18ClNO/c1-2-18(21)16-12-20(17-6-4-3-5-15(16)17)11-13-7-9-14(19)10-8-13/h3-10,12,18,21H,2,11H2,1H3. The predicted octanol–water partition coefficient (Wildman–Crippen LogP) is 4.79. The number of nitrogens with zero attached hydrogens (tertiary/aromatic N) is 1. The summed E-state index contributed by atoms with van der Waals surface area (Å²) in [7, 11) is 0. The Hall–Kier alpha value is -1.77. The van der Waals surface area contributed by atoms with Crippen LogP contribution in [0.2, 0.25) is 5.02 Å². The van der Waals surface area contributed by atoms with Crippen molar-refractivity contribution in [3.05, 3.63) is 70.9 Å². The van der Waals surface area contributed by atoms with Crippen LogP contribution < -0.4 is 0 Å². The highest BCUT2D eigenvalue weighted by atomic mass is 35.5. The number of hydrogen-bond donors (Lipinski definition) is 1. The normalized spacial score (nSPS) is 12.7. The first kappa shape index (κ1) is 14.2. The van der Waals surface area contributed by atoms with Gasteiger partial charge in [-0.3, -0.25) is 0 Å². The molecule has 3 aromatic rings. The molecule has 0 aliphatic carbocycles. The minimum Gasteiger partial charge on any atom is -0.388 e. The largest absolute Gasteiger partial charge is 0.388 e. The zero-order valence-corrected chi connectivity index (χ0v) is 12.7. The van der Waals surface area contributed by atoms with Gasteiger partial charge in [0.15, 0.2) is 0 Å². The van der Waals surface area contributed by atoms with Gasteiger partial charge in [-0.05, 0) is 30.2 Å². The number of para-hydroxylation sites is 1. The van der Waals surface area contributed by atoms with Gasteiger partial charge in [0, 0.05) is 34.2 Å². The van der Waals surface area contributed by atoms with Gasteiger partial charge < -0.3 is 9.67 Å². The van der Waals surface area contributed by atoms with Gasteiger partial charge in [-0.25, -0.2) is 0 Å². The van der Waals surface area contributed by atoms with Crippen LogP contribution in [0.4, 0.5) is 0 Å². The SMILES string of the molecule is CCC(O)c1cn(Cc2ccc(Cl)cc2)c2ccccc12. The van der Waals surface area contributed by atoms with Gasteiger partial charge in [0.2, 0.25) is 0 Å². The molecule has 0 radical (unpaired) electrons. The lowest BCUT2D eigenvalue weighted by Gasteiger charge is -2.06. The quantitative estimate of drug-likeness (QED) is 0.736. The van der Waals surface area contributed by atoms with Gasteiger partial charge in [0.05, 0.1) is 6.10 Å².